The van der Waals surface area contributed by atoms with Gasteiger partial charge in [0.1, 0.15) is 12.0 Å². The SMILES string of the molecule is NC1CCN(c2nc3ccccc3n2-c2ccc([N+](=O)[O-])cn2)CC1. The van der Waals surface area contributed by atoms with Gasteiger partial charge in [-0.3, -0.25) is 14.7 Å². The highest BCUT2D eigenvalue weighted by molar-refractivity contribution is 5.81. The van der Waals surface area contributed by atoms with Crippen molar-refractivity contribution in [3.8, 4) is 5.82 Å². The smallest absolute Gasteiger partial charge is 0.287 e. The fraction of sp³-hybridized carbons (Fsp3) is 0.294. The molecule has 0 amide bonds. The van der Waals surface area contributed by atoms with Gasteiger partial charge in [-0.15, -0.1) is 0 Å². The van der Waals surface area contributed by atoms with E-state index in [2.05, 4.69) is 9.88 Å². The molecule has 128 valence electrons. The van der Waals surface area contributed by atoms with E-state index in [4.69, 9.17) is 10.7 Å². The standard InChI is InChI=1S/C17H18N6O2/c18-12-7-9-21(10-8-12)17-20-14-3-1-2-4-15(14)22(17)16-6-5-13(11-19-16)23(24)25/h1-6,11-12H,7-10,18H2. The molecule has 2 N–H and O–H groups in total. The minimum Gasteiger partial charge on any atom is -0.342 e. The predicted octanol–water partition coefficient (Wildman–Crippen LogP) is 2.26. The third kappa shape index (κ3) is 2.80. The number of nitro groups is 1. The normalized spacial score (nSPS) is 15.6. The number of hydrogen-bond acceptors (Lipinski definition) is 6. The van der Waals surface area contributed by atoms with Gasteiger partial charge in [0.15, 0.2) is 0 Å². The number of fused-ring (bicyclic) bond motifs is 1. The molecular weight excluding hydrogens is 320 g/mol. The maximum absolute atomic E-state index is 10.9. The average molecular weight is 338 g/mol. The second kappa shape index (κ2) is 6.14. The zero-order valence-electron chi connectivity index (χ0n) is 13.6. The van der Waals surface area contributed by atoms with Crippen LogP contribution < -0.4 is 10.6 Å². The van der Waals surface area contributed by atoms with Gasteiger partial charge in [0.05, 0.1) is 16.0 Å². The Labute approximate surface area is 144 Å². The van der Waals surface area contributed by atoms with Crippen LogP contribution in [0.3, 0.4) is 0 Å². The van der Waals surface area contributed by atoms with Gasteiger partial charge in [-0.1, -0.05) is 12.1 Å². The van der Waals surface area contributed by atoms with Crippen molar-refractivity contribution in [2.75, 3.05) is 18.0 Å². The van der Waals surface area contributed by atoms with Gasteiger partial charge in [-0.05, 0) is 31.0 Å². The van der Waals surface area contributed by atoms with Crippen molar-refractivity contribution in [1.82, 2.24) is 14.5 Å². The van der Waals surface area contributed by atoms with E-state index in [-0.39, 0.29) is 11.7 Å². The number of imidazole rings is 1. The molecule has 25 heavy (non-hydrogen) atoms. The number of piperidine rings is 1. The topological polar surface area (TPSA) is 103 Å². The Morgan fingerprint density at radius 1 is 1.16 bits per heavy atom. The molecule has 0 saturated carbocycles. The van der Waals surface area contributed by atoms with E-state index in [1.54, 1.807) is 6.07 Å². The minimum absolute atomic E-state index is 0.0290. The molecule has 0 unspecified atom stereocenters. The van der Waals surface area contributed by atoms with E-state index < -0.39 is 4.92 Å². The maximum atomic E-state index is 10.9. The van der Waals surface area contributed by atoms with Gasteiger partial charge in [-0.2, -0.15) is 0 Å². The van der Waals surface area contributed by atoms with Crippen LogP contribution in [0.15, 0.2) is 42.6 Å². The van der Waals surface area contributed by atoms with Crippen LogP contribution in [0.5, 0.6) is 0 Å². The highest BCUT2D eigenvalue weighted by Gasteiger charge is 2.23. The van der Waals surface area contributed by atoms with Crippen LogP contribution in [-0.4, -0.2) is 38.6 Å². The highest BCUT2D eigenvalue weighted by Crippen LogP contribution is 2.28. The van der Waals surface area contributed by atoms with Crippen molar-refractivity contribution in [3.05, 3.63) is 52.7 Å². The molecule has 4 rings (SSSR count). The van der Waals surface area contributed by atoms with E-state index in [0.717, 1.165) is 42.9 Å². The van der Waals surface area contributed by atoms with Crippen molar-refractivity contribution in [3.63, 3.8) is 0 Å². The van der Waals surface area contributed by atoms with Gasteiger partial charge in [0, 0.05) is 25.2 Å². The van der Waals surface area contributed by atoms with Crippen molar-refractivity contribution in [2.45, 2.75) is 18.9 Å². The van der Waals surface area contributed by atoms with Crippen LogP contribution in [0.2, 0.25) is 0 Å². The molecule has 0 atom stereocenters. The molecule has 8 nitrogen and oxygen atoms in total. The number of nitrogens with two attached hydrogens (primary N) is 1. The predicted molar refractivity (Wildman–Crippen MR) is 94.9 cm³/mol. The van der Waals surface area contributed by atoms with Crippen LogP contribution in [0.4, 0.5) is 11.6 Å². The summed E-state index contributed by atoms with van der Waals surface area (Å²) in [5.41, 5.74) is 7.78. The van der Waals surface area contributed by atoms with Crippen molar-refractivity contribution in [2.24, 2.45) is 5.73 Å². The maximum Gasteiger partial charge on any atom is 0.287 e. The van der Waals surface area contributed by atoms with Crippen molar-refractivity contribution < 1.29 is 4.92 Å². The molecule has 1 saturated heterocycles. The molecule has 0 radical (unpaired) electrons. The van der Waals surface area contributed by atoms with Gasteiger partial charge in [-0.25, -0.2) is 9.97 Å². The fourth-order valence-electron chi connectivity index (χ4n) is 3.17. The Balaban J connectivity index is 1.83. The van der Waals surface area contributed by atoms with Crippen LogP contribution in [0.1, 0.15) is 12.8 Å². The largest absolute Gasteiger partial charge is 0.342 e. The molecule has 0 spiro atoms. The molecule has 1 aliphatic heterocycles. The third-order valence-corrected chi connectivity index (χ3v) is 4.54. The Morgan fingerprint density at radius 2 is 1.92 bits per heavy atom. The lowest BCUT2D eigenvalue weighted by Crippen LogP contribution is -2.40. The summed E-state index contributed by atoms with van der Waals surface area (Å²) in [4.78, 5) is 21.7. The van der Waals surface area contributed by atoms with E-state index in [1.807, 2.05) is 28.8 Å². The van der Waals surface area contributed by atoms with Gasteiger partial charge in [0.2, 0.25) is 5.95 Å². The second-order valence-electron chi connectivity index (χ2n) is 6.19. The van der Waals surface area contributed by atoms with Gasteiger partial charge >= 0.3 is 0 Å². The molecule has 3 heterocycles. The molecule has 8 heteroatoms. The van der Waals surface area contributed by atoms with Gasteiger partial charge in [0.25, 0.3) is 5.69 Å². The van der Waals surface area contributed by atoms with Crippen molar-refractivity contribution in [1.29, 1.82) is 0 Å². The van der Waals surface area contributed by atoms with E-state index >= 15 is 0 Å². The Kier molecular flexibility index (Phi) is 3.81. The molecule has 1 aliphatic rings. The summed E-state index contributed by atoms with van der Waals surface area (Å²) in [5, 5.41) is 10.9. The molecule has 3 aromatic rings. The number of rotatable bonds is 3. The highest BCUT2D eigenvalue weighted by atomic mass is 16.6. The van der Waals surface area contributed by atoms with Crippen LogP contribution in [0, 0.1) is 10.1 Å². The molecule has 2 aromatic heterocycles. The first-order chi connectivity index (χ1) is 12.1. The number of para-hydroxylation sites is 2. The van der Waals surface area contributed by atoms with Crippen LogP contribution >= 0.6 is 0 Å². The zero-order valence-corrected chi connectivity index (χ0v) is 13.6. The number of hydrogen-bond donors (Lipinski definition) is 1. The number of nitrogens with zero attached hydrogens (tertiary/aromatic N) is 5. The lowest BCUT2D eigenvalue weighted by Gasteiger charge is -2.31. The summed E-state index contributed by atoms with van der Waals surface area (Å²) in [7, 11) is 0. The lowest BCUT2D eigenvalue weighted by atomic mass is 10.1. The Morgan fingerprint density at radius 3 is 2.60 bits per heavy atom. The summed E-state index contributed by atoms with van der Waals surface area (Å²) < 4.78 is 1.95. The molecule has 1 fully saturated rings. The van der Waals surface area contributed by atoms with Crippen LogP contribution in [0.25, 0.3) is 16.9 Å². The quantitative estimate of drug-likeness (QED) is 0.580. The van der Waals surface area contributed by atoms with E-state index in [9.17, 15) is 10.1 Å². The van der Waals surface area contributed by atoms with E-state index in [1.165, 1.54) is 12.3 Å². The first-order valence-electron chi connectivity index (χ1n) is 8.22. The summed E-state index contributed by atoms with van der Waals surface area (Å²) in [5.74, 6) is 1.42. The van der Waals surface area contributed by atoms with Crippen LogP contribution in [-0.2, 0) is 0 Å². The van der Waals surface area contributed by atoms with Crippen molar-refractivity contribution >= 4 is 22.7 Å². The molecule has 0 aliphatic carbocycles. The molecule has 1 aromatic carbocycles. The average Bonchev–Trinajstić information content (AvgIpc) is 3.02. The third-order valence-electron chi connectivity index (χ3n) is 4.54. The summed E-state index contributed by atoms with van der Waals surface area (Å²) in [6, 6.07) is 11.2. The monoisotopic (exact) mass is 338 g/mol. The molecular formula is C17H18N6O2. The first-order valence-corrected chi connectivity index (χ1v) is 8.22. The summed E-state index contributed by atoms with van der Waals surface area (Å²) in [6.07, 6.45) is 3.10. The lowest BCUT2D eigenvalue weighted by molar-refractivity contribution is -0.385. The van der Waals surface area contributed by atoms with E-state index in [0.29, 0.717) is 5.82 Å². The Bertz CT molecular complexity index is 913. The number of anilines is 1. The molecule has 0 bridgehead atoms. The summed E-state index contributed by atoms with van der Waals surface area (Å²) in [6.45, 7) is 1.66. The summed E-state index contributed by atoms with van der Waals surface area (Å²) >= 11 is 0. The number of pyridine rings is 1. The Hall–Kier alpha value is -3.00. The second-order valence-corrected chi connectivity index (χ2v) is 6.19. The number of aromatic nitrogens is 3. The minimum atomic E-state index is -0.449. The fourth-order valence-corrected chi connectivity index (χ4v) is 3.17. The first kappa shape index (κ1) is 15.5. The number of benzene rings is 1. The zero-order chi connectivity index (χ0) is 17.4. The van der Waals surface area contributed by atoms with Gasteiger partial charge < -0.3 is 10.6 Å².